The van der Waals surface area contributed by atoms with E-state index in [9.17, 15) is 4.39 Å². The predicted octanol–water partition coefficient (Wildman–Crippen LogP) is 2.04. The van der Waals surface area contributed by atoms with E-state index in [-0.39, 0.29) is 5.71 Å². The third-order valence-electron chi connectivity index (χ3n) is 0.962. The maximum absolute atomic E-state index is 12.5. The number of nitrogens with one attached hydrogen (secondary N) is 1. The minimum absolute atomic E-state index is 0.125. The number of halogens is 1. The van der Waals surface area contributed by atoms with Crippen molar-refractivity contribution in [3.63, 3.8) is 0 Å². The number of rotatable bonds is 2. The summed E-state index contributed by atoms with van der Waals surface area (Å²) in [7, 11) is 0. The van der Waals surface area contributed by atoms with Crippen molar-refractivity contribution in [2.24, 2.45) is 5.92 Å². The first kappa shape index (κ1) is 8.83. The molecule has 0 radical (unpaired) electrons. The van der Waals surface area contributed by atoms with E-state index in [4.69, 9.17) is 10.7 Å². The Kier molecular flexibility index (Phi) is 3.34. The van der Waals surface area contributed by atoms with Crippen molar-refractivity contribution in [3.05, 3.63) is 11.9 Å². The van der Waals surface area contributed by atoms with Crippen LogP contribution in [0.4, 0.5) is 4.39 Å². The van der Waals surface area contributed by atoms with Crippen LogP contribution in [0.5, 0.6) is 0 Å². The van der Waals surface area contributed by atoms with Gasteiger partial charge < -0.3 is 5.41 Å². The Morgan fingerprint density at radius 2 is 2.30 bits per heavy atom. The Morgan fingerprint density at radius 3 is 2.60 bits per heavy atom. The van der Waals surface area contributed by atoms with Crippen LogP contribution in [0, 0.1) is 22.7 Å². The highest BCUT2D eigenvalue weighted by Gasteiger charge is 2.05. The molecule has 3 heteroatoms. The molecule has 0 amide bonds. The number of nitrogens with zero attached hydrogens (tertiary/aromatic N) is 1. The lowest BCUT2D eigenvalue weighted by molar-refractivity contribution is 0.555. The fourth-order valence-corrected chi connectivity index (χ4v) is 0.393. The molecule has 0 heterocycles. The summed E-state index contributed by atoms with van der Waals surface area (Å²) >= 11 is 0. The zero-order valence-electron chi connectivity index (χ0n) is 5.98. The first-order chi connectivity index (χ1) is 4.57. The van der Waals surface area contributed by atoms with Crippen molar-refractivity contribution in [1.29, 1.82) is 10.7 Å². The molecule has 54 valence electrons. The van der Waals surface area contributed by atoms with Gasteiger partial charge in [-0.2, -0.15) is 5.26 Å². The topological polar surface area (TPSA) is 47.6 Å². The Balaban J connectivity index is 4.22. The predicted molar refractivity (Wildman–Crippen MR) is 37.4 cm³/mol. The van der Waals surface area contributed by atoms with Gasteiger partial charge in [-0.25, -0.2) is 4.39 Å². The van der Waals surface area contributed by atoms with E-state index in [1.165, 1.54) is 13.8 Å². The van der Waals surface area contributed by atoms with Crippen LogP contribution in [0.2, 0.25) is 0 Å². The molecule has 2 nitrogen and oxygen atoms in total. The Morgan fingerprint density at radius 1 is 1.80 bits per heavy atom. The Hall–Kier alpha value is -1.17. The summed E-state index contributed by atoms with van der Waals surface area (Å²) in [4.78, 5) is 0. The third-order valence-corrected chi connectivity index (χ3v) is 0.962. The first-order valence-corrected chi connectivity index (χ1v) is 2.89. The quantitative estimate of drug-likeness (QED) is 0.586. The normalized spacial score (nSPS) is 14.0. The summed E-state index contributed by atoms with van der Waals surface area (Å²) in [5, 5.41) is 15.1. The van der Waals surface area contributed by atoms with Crippen molar-refractivity contribution in [3.8, 4) is 6.07 Å². The minimum Gasteiger partial charge on any atom is -0.306 e. The molecule has 0 aliphatic heterocycles. The van der Waals surface area contributed by atoms with Gasteiger partial charge in [0.05, 0.1) is 12.0 Å². The average Bonchev–Trinajstić information content (AvgIpc) is 1.85. The van der Waals surface area contributed by atoms with E-state index in [1.807, 2.05) is 0 Å². The number of hydrogen-bond acceptors (Lipinski definition) is 2. The van der Waals surface area contributed by atoms with E-state index in [2.05, 4.69) is 0 Å². The fraction of sp³-hybridized carbons (Fsp3) is 0.429. The molecule has 0 aromatic carbocycles. The average molecular weight is 140 g/mol. The van der Waals surface area contributed by atoms with E-state index in [0.717, 1.165) is 6.08 Å². The lowest BCUT2D eigenvalue weighted by Gasteiger charge is -1.95. The van der Waals surface area contributed by atoms with Crippen LogP contribution in [0.1, 0.15) is 13.8 Å². The Bertz CT molecular complexity index is 200. The molecule has 10 heavy (non-hydrogen) atoms. The highest BCUT2D eigenvalue weighted by molar-refractivity contribution is 5.90. The summed E-state index contributed by atoms with van der Waals surface area (Å²) < 4.78 is 12.5. The van der Waals surface area contributed by atoms with E-state index < -0.39 is 11.7 Å². The SMILES string of the molecule is CC(=N)/C=C(/F)C(C)C#N. The molecule has 0 aliphatic rings. The fourth-order valence-electron chi connectivity index (χ4n) is 0.393. The molecular formula is C7H9FN2. The van der Waals surface area contributed by atoms with Gasteiger partial charge >= 0.3 is 0 Å². The third kappa shape index (κ3) is 2.98. The first-order valence-electron chi connectivity index (χ1n) is 2.89. The van der Waals surface area contributed by atoms with Gasteiger partial charge in [-0.15, -0.1) is 0 Å². The van der Waals surface area contributed by atoms with Crippen molar-refractivity contribution < 1.29 is 4.39 Å². The lowest BCUT2D eigenvalue weighted by atomic mass is 10.1. The van der Waals surface area contributed by atoms with Crippen molar-refractivity contribution in [1.82, 2.24) is 0 Å². The highest BCUT2D eigenvalue weighted by atomic mass is 19.1. The van der Waals surface area contributed by atoms with Crippen LogP contribution < -0.4 is 0 Å². The molecule has 0 aromatic heterocycles. The minimum atomic E-state index is -0.736. The van der Waals surface area contributed by atoms with Crippen LogP contribution >= 0.6 is 0 Å². The molecule has 1 unspecified atom stereocenters. The molecule has 0 saturated carbocycles. The van der Waals surface area contributed by atoms with Crippen LogP contribution in [-0.4, -0.2) is 5.71 Å². The van der Waals surface area contributed by atoms with Gasteiger partial charge in [-0.3, -0.25) is 0 Å². The monoisotopic (exact) mass is 140 g/mol. The molecule has 0 aromatic rings. The lowest BCUT2D eigenvalue weighted by Crippen LogP contribution is -1.92. The van der Waals surface area contributed by atoms with Gasteiger partial charge in [0.2, 0.25) is 0 Å². The molecule has 0 saturated heterocycles. The van der Waals surface area contributed by atoms with Gasteiger partial charge in [0.1, 0.15) is 5.83 Å². The molecule has 0 fully saturated rings. The molecule has 0 spiro atoms. The van der Waals surface area contributed by atoms with Crippen molar-refractivity contribution in [2.45, 2.75) is 13.8 Å². The van der Waals surface area contributed by atoms with Gasteiger partial charge in [0.25, 0.3) is 0 Å². The molecule has 0 rings (SSSR count). The summed E-state index contributed by atoms with van der Waals surface area (Å²) in [5.74, 6) is -1.28. The number of nitriles is 1. The van der Waals surface area contributed by atoms with Gasteiger partial charge in [-0.1, -0.05) is 0 Å². The van der Waals surface area contributed by atoms with Crippen molar-refractivity contribution in [2.75, 3.05) is 0 Å². The Labute approximate surface area is 59.5 Å². The number of hydrogen-bond donors (Lipinski definition) is 1. The van der Waals surface area contributed by atoms with E-state index in [1.54, 1.807) is 6.07 Å². The zero-order valence-corrected chi connectivity index (χ0v) is 5.98. The van der Waals surface area contributed by atoms with Crippen LogP contribution in [0.3, 0.4) is 0 Å². The second kappa shape index (κ2) is 3.78. The van der Waals surface area contributed by atoms with Crippen LogP contribution in [0.25, 0.3) is 0 Å². The maximum Gasteiger partial charge on any atom is 0.119 e. The second-order valence-electron chi connectivity index (χ2n) is 2.06. The summed E-state index contributed by atoms with van der Waals surface area (Å²) in [5.41, 5.74) is 0.125. The van der Waals surface area contributed by atoms with Crippen molar-refractivity contribution >= 4 is 5.71 Å². The largest absolute Gasteiger partial charge is 0.306 e. The van der Waals surface area contributed by atoms with E-state index >= 15 is 0 Å². The summed E-state index contributed by atoms with van der Waals surface area (Å²) in [6.45, 7) is 2.92. The molecule has 1 N–H and O–H groups in total. The summed E-state index contributed by atoms with van der Waals surface area (Å²) in [6.07, 6.45) is 1.05. The van der Waals surface area contributed by atoms with Gasteiger partial charge in [0, 0.05) is 5.71 Å². The standard InChI is InChI=1S/C7H9FN2/c1-5(4-9)7(8)3-6(2)10/h3,5,10H,1-2H3/b7-3+,10-6?. The maximum atomic E-state index is 12.5. The smallest absolute Gasteiger partial charge is 0.119 e. The van der Waals surface area contributed by atoms with Crippen LogP contribution in [-0.2, 0) is 0 Å². The highest BCUT2D eigenvalue weighted by Crippen LogP contribution is 2.09. The molecule has 0 bridgehead atoms. The van der Waals surface area contributed by atoms with E-state index in [0.29, 0.717) is 0 Å². The molecular weight excluding hydrogens is 131 g/mol. The second-order valence-corrected chi connectivity index (χ2v) is 2.06. The molecule has 1 atom stereocenters. The zero-order chi connectivity index (χ0) is 8.15. The summed E-state index contributed by atoms with van der Waals surface area (Å²) in [6, 6.07) is 1.73. The van der Waals surface area contributed by atoms with Gasteiger partial charge in [0.15, 0.2) is 0 Å². The molecule has 0 aliphatic carbocycles. The van der Waals surface area contributed by atoms with Crippen LogP contribution in [0.15, 0.2) is 11.9 Å². The van der Waals surface area contributed by atoms with Gasteiger partial charge in [-0.05, 0) is 19.9 Å². The number of allylic oxidation sites excluding steroid dienone is 2.